The van der Waals surface area contributed by atoms with Crippen LogP contribution in [0, 0.1) is 11.3 Å². The van der Waals surface area contributed by atoms with Crippen LogP contribution >= 0.6 is 0 Å². The summed E-state index contributed by atoms with van der Waals surface area (Å²) in [6.07, 6.45) is 0.643. The Balaban J connectivity index is 2.13. The highest BCUT2D eigenvalue weighted by atomic mass is 32.2. The van der Waals surface area contributed by atoms with E-state index in [0.717, 1.165) is 0 Å². The number of nitrogens with zero attached hydrogens (tertiary/aromatic N) is 1. The molecule has 20 heavy (non-hydrogen) atoms. The molecule has 7 heteroatoms. The van der Waals surface area contributed by atoms with E-state index in [1.54, 1.807) is 13.2 Å². The topological polar surface area (TPSA) is 88.4 Å². The molecule has 1 unspecified atom stereocenters. The van der Waals surface area contributed by atoms with Gasteiger partial charge in [0.25, 0.3) is 0 Å². The minimum Gasteiger partial charge on any atom is -0.378 e. The summed E-state index contributed by atoms with van der Waals surface area (Å²) in [7, 11) is -2.12. The molecule has 0 spiro atoms. The Labute approximate surface area is 118 Å². The van der Waals surface area contributed by atoms with Gasteiger partial charge in [-0.2, -0.15) is 5.26 Å². The van der Waals surface area contributed by atoms with Crippen molar-refractivity contribution in [2.45, 2.75) is 16.9 Å². The van der Waals surface area contributed by atoms with E-state index in [0.29, 0.717) is 25.2 Å². The number of hydrogen-bond acceptors (Lipinski definition) is 5. The van der Waals surface area contributed by atoms with Gasteiger partial charge in [-0.3, -0.25) is 0 Å². The maximum atomic E-state index is 12.2. The number of methoxy groups -OCH3 is 1. The van der Waals surface area contributed by atoms with E-state index in [1.807, 2.05) is 6.07 Å². The maximum absolute atomic E-state index is 12.2. The molecule has 1 saturated heterocycles. The van der Waals surface area contributed by atoms with Crippen LogP contribution in [0.2, 0.25) is 0 Å². The summed E-state index contributed by atoms with van der Waals surface area (Å²) < 4.78 is 37.5. The molecule has 0 aliphatic carbocycles. The summed E-state index contributed by atoms with van der Waals surface area (Å²) in [5, 5.41) is 8.81. The fourth-order valence-corrected chi connectivity index (χ4v) is 3.16. The Hall–Kier alpha value is -1.46. The molecule has 1 aliphatic rings. The lowest BCUT2D eigenvalue weighted by molar-refractivity contribution is -0.0120. The maximum Gasteiger partial charge on any atom is 0.240 e. The third kappa shape index (κ3) is 3.16. The van der Waals surface area contributed by atoms with E-state index < -0.39 is 15.6 Å². The summed E-state index contributed by atoms with van der Waals surface area (Å²) in [5.41, 5.74) is -0.307. The third-order valence-corrected chi connectivity index (χ3v) is 4.76. The average Bonchev–Trinajstić information content (AvgIpc) is 2.95. The molecule has 0 radical (unpaired) electrons. The molecule has 108 valence electrons. The predicted octanol–water partition coefficient (Wildman–Crippen LogP) is 0.642. The van der Waals surface area contributed by atoms with Crippen LogP contribution in [0.5, 0.6) is 0 Å². The molecule has 0 aromatic heterocycles. The fraction of sp³-hybridized carbons (Fsp3) is 0.462. The largest absolute Gasteiger partial charge is 0.378 e. The molecule has 0 amide bonds. The number of ether oxygens (including phenoxy) is 2. The Kier molecular flexibility index (Phi) is 4.40. The monoisotopic (exact) mass is 296 g/mol. The van der Waals surface area contributed by atoms with Crippen molar-refractivity contribution in [1.29, 1.82) is 5.26 Å². The summed E-state index contributed by atoms with van der Waals surface area (Å²) in [6, 6.07) is 7.81. The summed E-state index contributed by atoms with van der Waals surface area (Å²) in [4.78, 5) is 0.0710. The lowest BCUT2D eigenvalue weighted by atomic mass is 10.0. The minimum atomic E-state index is -3.67. The van der Waals surface area contributed by atoms with Crippen LogP contribution in [-0.4, -0.2) is 40.9 Å². The van der Waals surface area contributed by atoms with Crippen LogP contribution in [0.4, 0.5) is 0 Å². The minimum absolute atomic E-state index is 0.0710. The Morgan fingerprint density at radius 1 is 1.55 bits per heavy atom. The van der Waals surface area contributed by atoms with Gasteiger partial charge in [-0.05, 0) is 18.2 Å². The lowest BCUT2D eigenvalue weighted by Gasteiger charge is -2.25. The molecule has 1 fully saturated rings. The van der Waals surface area contributed by atoms with E-state index in [4.69, 9.17) is 14.7 Å². The van der Waals surface area contributed by atoms with Crippen molar-refractivity contribution in [2.24, 2.45) is 0 Å². The van der Waals surface area contributed by atoms with Crippen LogP contribution in [0.15, 0.2) is 29.2 Å². The Bertz CT molecular complexity index is 616. The first-order chi connectivity index (χ1) is 9.51. The number of hydrogen-bond donors (Lipinski definition) is 1. The number of benzene rings is 1. The van der Waals surface area contributed by atoms with Gasteiger partial charge in [-0.25, -0.2) is 13.1 Å². The SMILES string of the molecule is COC1(CNS(=O)(=O)c2cccc(C#N)c2)CCOC1. The van der Waals surface area contributed by atoms with Crippen molar-refractivity contribution in [3.8, 4) is 6.07 Å². The highest BCUT2D eigenvalue weighted by Crippen LogP contribution is 2.22. The first-order valence-electron chi connectivity index (χ1n) is 6.14. The van der Waals surface area contributed by atoms with Gasteiger partial charge in [-0.15, -0.1) is 0 Å². The molecule has 0 bridgehead atoms. The first-order valence-corrected chi connectivity index (χ1v) is 7.62. The highest BCUT2D eigenvalue weighted by molar-refractivity contribution is 7.89. The average molecular weight is 296 g/mol. The van der Waals surface area contributed by atoms with Crippen molar-refractivity contribution in [3.05, 3.63) is 29.8 Å². The van der Waals surface area contributed by atoms with Gasteiger partial charge in [0, 0.05) is 26.7 Å². The number of rotatable bonds is 5. The second-order valence-corrected chi connectivity index (χ2v) is 6.42. The first kappa shape index (κ1) is 14.9. The molecule has 6 nitrogen and oxygen atoms in total. The number of nitriles is 1. The second-order valence-electron chi connectivity index (χ2n) is 4.65. The van der Waals surface area contributed by atoms with Crippen LogP contribution < -0.4 is 4.72 Å². The van der Waals surface area contributed by atoms with E-state index in [-0.39, 0.29) is 11.4 Å². The molecular weight excluding hydrogens is 280 g/mol. The Morgan fingerprint density at radius 2 is 2.35 bits per heavy atom. The fourth-order valence-electron chi connectivity index (χ4n) is 2.00. The van der Waals surface area contributed by atoms with Gasteiger partial charge < -0.3 is 9.47 Å². The van der Waals surface area contributed by atoms with Crippen molar-refractivity contribution in [3.63, 3.8) is 0 Å². The zero-order valence-electron chi connectivity index (χ0n) is 11.1. The quantitative estimate of drug-likeness (QED) is 0.861. The van der Waals surface area contributed by atoms with Crippen molar-refractivity contribution >= 4 is 10.0 Å². The van der Waals surface area contributed by atoms with Crippen LogP contribution in [-0.2, 0) is 19.5 Å². The van der Waals surface area contributed by atoms with Crippen molar-refractivity contribution < 1.29 is 17.9 Å². The zero-order chi connectivity index (χ0) is 14.6. The van der Waals surface area contributed by atoms with Gasteiger partial charge >= 0.3 is 0 Å². The second kappa shape index (κ2) is 5.89. The van der Waals surface area contributed by atoms with Crippen LogP contribution in [0.25, 0.3) is 0 Å². The third-order valence-electron chi connectivity index (χ3n) is 3.36. The zero-order valence-corrected chi connectivity index (χ0v) is 11.9. The Morgan fingerprint density at radius 3 is 2.95 bits per heavy atom. The van der Waals surface area contributed by atoms with E-state index in [1.165, 1.54) is 18.2 Å². The molecule has 2 rings (SSSR count). The predicted molar refractivity (Wildman–Crippen MR) is 71.5 cm³/mol. The van der Waals surface area contributed by atoms with Crippen LogP contribution in [0.1, 0.15) is 12.0 Å². The highest BCUT2D eigenvalue weighted by Gasteiger charge is 2.36. The molecule has 1 aromatic carbocycles. The summed E-state index contributed by atoms with van der Waals surface area (Å²) in [6.45, 7) is 1.06. The van der Waals surface area contributed by atoms with Crippen LogP contribution in [0.3, 0.4) is 0 Å². The molecule has 1 N–H and O–H groups in total. The molecule has 1 atom stereocenters. The van der Waals surface area contributed by atoms with Gasteiger partial charge in [0.1, 0.15) is 5.60 Å². The summed E-state index contributed by atoms with van der Waals surface area (Å²) >= 11 is 0. The van der Waals surface area contributed by atoms with Gasteiger partial charge in [0.15, 0.2) is 0 Å². The van der Waals surface area contributed by atoms with Crippen molar-refractivity contribution in [2.75, 3.05) is 26.9 Å². The van der Waals surface area contributed by atoms with E-state index >= 15 is 0 Å². The number of sulfonamides is 1. The smallest absolute Gasteiger partial charge is 0.240 e. The lowest BCUT2D eigenvalue weighted by Crippen LogP contribution is -2.44. The van der Waals surface area contributed by atoms with Crippen molar-refractivity contribution in [1.82, 2.24) is 4.72 Å². The van der Waals surface area contributed by atoms with Gasteiger partial charge in [0.2, 0.25) is 10.0 Å². The van der Waals surface area contributed by atoms with E-state index in [9.17, 15) is 8.42 Å². The van der Waals surface area contributed by atoms with Gasteiger partial charge in [0.05, 0.1) is 23.1 Å². The molecule has 1 heterocycles. The van der Waals surface area contributed by atoms with E-state index in [2.05, 4.69) is 4.72 Å². The molecule has 0 saturated carbocycles. The summed E-state index contributed by atoms with van der Waals surface area (Å²) in [5.74, 6) is 0. The van der Waals surface area contributed by atoms with Gasteiger partial charge in [-0.1, -0.05) is 6.07 Å². The normalized spacial score (nSPS) is 22.6. The molecule has 1 aromatic rings. The standard InChI is InChI=1S/C13H16N2O4S/c1-18-13(5-6-19-10-13)9-15-20(16,17)12-4-2-3-11(7-12)8-14/h2-4,7,15H,5-6,9-10H2,1H3. The molecule has 1 aliphatic heterocycles. The molecular formula is C13H16N2O4S. The number of nitrogens with one attached hydrogen (secondary N) is 1.